The van der Waals surface area contributed by atoms with Gasteiger partial charge in [-0.25, -0.2) is 0 Å². The first-order valence-corrected chi connectivity index (χ1v) is 5.86. The van der Waals surface area contributed by atoms with Crippen LogP contribution in [-0.4, -0.2) is 34.3 Å². The molecule has 1 aromatic heterocycles. The van der Waals surface area contributed by atoms with Gasteiger partial charge in [0.25, 0.3) is 0 Å². The molecule has 0 bridgehead atoms. The molecule has 0 radical (unpaired) electrons. The summed E-state index contributed by atoms with van der Waals surface area (Å²) < 4.78 is 5.16. The maximum atomic E-state index is 11.3. The largest absolute Gasteiger partial charge is 0.502 e. The maximum absolute atomic E-state index is 11.3. The number of aliphatic hydroxyl groups excluding tert-OH is 1. The van der Waals surface area contributed by atoms with Crippen LogP contribution >= 0.6 is 0 Å². The van der Waals surface area contributed by atoms with Crippen LogP contribution in [0.25, 0.3) is 0 Å². The Morgan fingerprint density at radius 1 is 1.47 bits per heavy atom. The normalized spacial score (nSPS) is 16.1. The second-order valence-corrected chi connectivity index (χ2v) is 4.37. The summed E-state index contributed by atoms with van der Waals surface area (Å²) in [6.07, 6.45) is 4.53. The van der Waals surface area contributed by atoms with Crippen molar-refractivity contribution in [2.75, 3.05) is 13.2 Å². The zero-order chi connectivity index (χ0) is 12.3. The molecule has 1 fully saturated rings. The van der Waals surface area contributed by atoms with Gasteiger partial charge >= 0.3 is 0 Å². The highest BCUT2D eigenvalue weighted by atomic mass is 16.4. The van der Waals surface area contributed by atoms with Crippen molar-refractivity contribution in [1.82, 2.24) is 4.90 Å². The lowest BCUT2D eigenvalue weighted by Gasteiger charge is -2.36. The van der Waals surface area contributed by atoms with Crippen LogP contribution in [0.2, 0.25) is 0 Å². The van der Waals surface area contributed by atoms with Gasteiger partial charge in [0, 0.05) is 18.7 Å². The monoisotopic (exact) mass is 239 g/mol. The standard InChI is InChI=1S/C12H17NO4/c14-5-4-13(9-2-1-3-9)7-10-6-11(15)12(16)8-17-10/h6,8-9,14,16H,1-5,7H2. The predicted octanol–water partition coefficient (Wildman–Crippen LogP) is 0.692. The van der Waals surface area contributed by atoms with E-state index in [2.05, 4.69) is 4.90 Å². The van der Waals surface area contributed by atoms with Gasteiger partial charge in [0.15, 0.2) is 5.75 Å². The third-order valence-corrected chi connectivity index (χ3v) is 3.20. The van der Waals surface area contributed by atoms with E-state index in [0.717, 1.165) is 19.1 Å². The molecule has 1 aliphatic rings. The molecule has 0 amide bonds. The SMILES string of the molecule is O=c1cc(CN(CCO)C2CCC2)occ1O. The molecule has 2 rings (SSSR count). The molecule has 1 aliphatic carbocycles. The van der Waals surface area contributed by atoms with E-state index in [-0.39, 0.29) is 12.4 Å². The summed E-state index contributed by atoms with van der Waals surface area (Å²) in [7, 11) is 0. The Kier molecular flexibility index (Phi) is 3.81. The molecule has 0 aromatic carbocycles. The first kappa shape index (κ1) is 12.1. The van der Waals surface area contributed by atoms with E-state index < -0.39 is 5.43 Å². The number of nitrogens with zero attached hydrogens (tertiary/aromatic N) is 1. The molecule has 5 nitrogen and oxygen atoms in total. The summed E-state index contributed by atoms with van der Waals surface area (Å²) in [6, 6.07) is 1.78. The number of hydrogen-bond donors (Lipinski definition) is 2. The van der Waals surface area contributed by atoms with Gasteiger partial charge in [0.1, 0.15) is 12.0 Å². The van der Waals surface area contributed by atoms with Crippen LogP contribution < -0.4 is 5.43 Å². The molecule has 17 heavy (non-hydrogen) atoms. The Morgan fingerprint density at radius 3 is 2.76 bits per heavy atom. The lowest BCUT2D eigenvalue weighted by atomic mass is 9.91. The molecule has 1 heterocycles. The number of aromatic hydroxyl groups is 1. The van der Waals surface area contributed by atoms with Crippen LogP contribution in [0, 0.1) is 0 Å². The molecule has 94 valence electrons. The van der Waals surface area contributed by atoms with Crippen molar-refractivity contribution in [2.24, 2.45) is 0 Å². The van der Waals surface area contributed by atoms with Crippen molar-refractivity contribution in [2.45, 2.75) is 31.8 Å². The van der Waals surface area contributed by atoms with Gasteiger partial charge in [0.05, 0.1) is 13.2 Å². The van der Waals surface area contributed by atoms with E-state index in [1.165, 1.54) is 12.5 Å². The fraction of sp³-hybridized carbons (Fsp3) is 0.583. The molecule has 5 heteroatoms. The van der Waals surface area contributed by atoms with E-state index in [0.29, 0.717) is 24.9 Å². The quantitative estimate of drug-likeness (QED) is 0.791. The molecular formula is C12H17NO4. The first-order chi connectivity index (χ1) is 8.20. The molecule has 0 unspecified atom stereocenters. The van der Waals surface area contributed by atoms with Crippen molar-refractivity contribution in [3.05, 3.63) is 28.3 Å². The second kappa shape index (κ2) is 5.33. The van der Waals surface area contributed by atoms with Gasteiger partial charge in [0.2, 0.25) is 5.43 Å². The summed E-state index contributed by atoms with van der Waals surface area (Å²) in [5.41, 5.74) is -0.427. The average molecular weight is 239 g/mol. The third kappa shape index (κ3) is 2.87. The van der Waals surface area contributed by atoms with E-state index >= 15 is 0 Å². The van der Waals surface area contributed by atoms with Crippen molar-refractivity contribution < 1.29 is 14.6 Å². The maximum Gasteiger partial charge on any atom is 0.226 e. The van der Waals surface area contributed by atoms with Crippen LogP contribution in [0.15, 0.2) is 21.5 Å². The minimum Gasteiger partial charge on any atom is -0.502 e. The van der Waals surface area contributed by atoms with Crippen molar-refractivity contribution >= 4 is 0 Å². The van der Waals surface area contributed by atoms with E-state index in [1.54, 1.807) is 0 Å². The Hall–Kier alpha value is -1.33. The fourth-order valence-corrected chi connectivity index (χ4v) is 2.00. The highest BCUT2D eigenvalue weighted by Crippen LogP contribution is 2.25. The van der Waals surface area contributed by atoms with Crippen LogP contribution in [-0.2, 0) is 6.54 Å². The Balaban J connectivity index is 2.05. The highest BCUT2D eigenvalue weighted by Gasteiger charge is 2.25. The second-order valence-electron chi connectivity index (χ2n) is 4.37. The van der Waals surface area contributed by atoms with Crippen LogP contribution in [0.5, 0.6) is 5.75 Å². The zero-order valence-electron chi connectivity index (χ0n) is 9.63. The smallest absolute Gasteiger partial charge is 0.226 e. The van der Waals surface area contributed by atoms with Gasteiger partial charge in [-0.3, -0.25) is 9.69 Å². The summed E-state index contributed by atoms with van der Waals surface area (Å²) in [4.78, 5) is 13.4. The summed E-state index contributed by atoms with van der Waals surface area (Å²) in [5, 5.41) is 18.1. The van der Waals surface area contributed by atoms with Gasteiger partial charge in [-0.1, -0.05) is 6.42 Å². The zero-order valence-corrected chi connectivity index (χ0v) is 9.63. The van der Waals surface area contributed by atoms with Crippen LogP contribution in [0.1, 0.15) is 25.0 Å². The van der Waals surface area contributed by atoms with E-state index in [1.807, 2.05) is 0 Å². The number of aliphatic hydroxyl groups is 1. The molecule has 2 N–H and O–H groups in total. The van der Waals surface area contributed by atoms with E-state index in [9.17, 15) is 4.79 Å². The van der Waals surface area contributed by atoms with Crippen LogP contribution in [0.4, 0.5) is 0 Å². The average Bonchev–Trinajstić information content (AvgIpc) is 2.21. The third-order valence-electron chi connectivity index (χ3n) is 3.20. The van der Waals surface area contributed by atoms with Crippen molar-refractivity contribution in [3.63, 3.8) is 0 Å². The molecule has 0 spiro atoms. The number of rotatable bonds is 5. The molecule has 1 saturated carbocycles. The van der Waals surface area contributed by atoms with Gasteiger partial charge in [-0.05, 0) is 12.8 Å². The Morgan fingerprint density at radius 2 is 2.24 bits per heavy atom. The topological polar surface area (TPSA) is 73.9 Å². The number of hydrogen-bond acceptors (Lipinski definition) is 5. The van der Waals surface area contributed by atoms with Crippen molar-refractivity contribution in [1.29, 1.82) is 0 Å². The van der Waals surface area contributed by atoms with Crippen LogP contribution in [0.3, 0.4) is 0 Å². The lowest BCUT2D eigenvalue weighted by Crippen LogP contribution is -2.41. The molecule has 0 atom stereocenters. The molecule has 0 aliphatic heterocycles. The summed E-state index contributed by atoms with van der Waals surface area (Å²) in [5.74, 6) is 0.152. The molecule has 0 saturated heterocycles. The fourth-order valence-electron chi connectivity index (χ4n) is 2.00. The Bertz CT molecular complexity index is 425. The predicted molar refractivity (Wildman–Crippen MR) is 61.8 cm³/mol. The van der Waals surface area contributed by atoms with Crippen molar-refractivity contribution in [3.8, 4) is 5.75 Å². The summed E-state index contributed by atoms with van der Waals surface area (Å²) in [6.45, 7) is 1.18. The highest BCUT2D eigenvalue weighted by molar-refractivity contribution is 5.15. The lowest BCUT2D eigenvalue weighted by molar-refractivity contribution is 0.0870. The summed E-state index contributed by atoms with van der Waals surface area (Å²) >= 11 is 0. The van der Waals surface area contributed by atoms with Gasteiger partial charge in [-0.2, -0.15) is 0 Å². The molecule has 1 aromatic rings. The minimum atomic E-state index is -0.427. The first-order valence-electron chi connectivity index (χ1n) is 5.86. The van der Waals surface area contributed by atoms with Gasteiger partial charge in [-0.15, -0.1) is 0 Å². The van der Waals surface area contributed by atoms with E-state index in [4.69, 9.17) is 14.6 Å². The Labute approximate surface area is 99.3 Å². The van der Waals surface area contributed by atoms with Gasteiger partial charge < -0.3 is 14.6 Å². The minimum absolute atomic E-state index is 0.0960. The molecular weight excluding hydrogens is 222 g/mol.